The summed E-state index contributed by atoms with van der Waals surface area (Å²) in [5.41, 5.74) is -0.400. The highest BCUT2D eigenvalue weighted by Gasteiger charge is 2.23. The first-order valence-corrected chi connectivity index (χ1v) is 4.84. The van der Waals surface area contributed by atoms with Crippen molar-refractivity contribution in [1.29, 1.82) is 0 Å². The van der Waals surface area contributed by atoms with Gasteiger partial charge >= 0.3 is 5.69 Å². The molecule has 88 valence electrons. The lowest BCUT2D eigenvalue weighted by molar-refractivity contribution is -0.386. The first-order chi connectivity index (χ1) is 7.61. The van der Waals surface area contributed by atoms with Crippen LogP contribution in [0.2, 0.25) is 0 Å². The molecule has 0 heterocycles. The Labute approximate surface area is 91.9 Å². The molecule has 5 nitrogen and oxygen atoms in total. The molecule has 0 spiro atoms. The van der Waals surface area contributed by atoms with E-state index in [1.165, 1.54) is 12.1 Å². The minimum atomic E-state index is -0.835. The Hall–Kier alpha value is -1.85. The summed E-state index contributed by atoms with van der Waals surface area (Å²) in [4.78, 5) is 9.95. The maximum atomic E-state index is 13.7. The maximum Gasteiger partial charge on any atom is 0.314 e. The summed E-state index contributed by atoms with van der Waals surface area (Å²) < 4.78 is 23.6. The predicted molar refractivity (Wildman–Crippen MR) is 55.4 cm³/mol. The molecule has 0 unspecified atom stereocenters. The van der Waals surface area contributed by atoms with Gasteiger partial charge in [-0.05, 0) is 19.9 Å². The Morgan fingerprint density at radius 1 is 1.31 bits per heavy atom. The van der Waals surface area contributed by atoms with Crippen LogP contribution in [-0.4, -0.2) is 18.1 Å². The van der Waals surface area contributed by atoms with Crippen molar-refractivity contribution in [2.75, 3.05) is 13.2 Å². The zero-order valence-corrected chi connectivity index (χ0v) is 9.03. The van der Waals surface area contributed by atoms with Gasteiger partial charge in [-0.25, -0.2) is 0 Å². The number of hydrogen-bond acceptors (Lipinski definition) is 4. The standard InChI is InChI=1S/C10H12FNO4/c1-3-15-8-6-5-7(12(13)14)10(9(8)11)16-4-2/h5-6H,3-4H2,1-2H3. The van der Waals surface area contributed by atoms with E-state index in [2.05, 4.69) is 0 Å². The van der Waals surface area contributed by atoms with Gasteiger partial charge in [-0.15, -0.1) is 0 Å². The van der Waals surface area contributed by atoms with Crippen molar-refractivity contribution in [2.45, 2.75) is 13.8 Å². The molecule has 0 saturated heterocycles. The number of rotatable bonds is 5. The molecule has 0 fully saturated rings. The van der Waals surface area contributed by atoms with Gasteiger partial charge in [0.25, 0.3) is 0 Å². The molecule has 0 saturated carbocycles. The van der Waals surface area contributed by atoms with Crippen molar-refractivity contribution >= 4 is 5.69 Å². The van der Waals surface area contributed by atoms with Gasteiger partial charge in [-0.2, -0.15) is 4.39 Å². The molecule has 0 atom stereocenters. The SMILES string of the molecule is CCOc1ccc([N+](=O)[O-])c(OCC)c1F. The smallest absolute Gasteiger partial charge is 0.314 e. The highest BCUT2D eigenvalue weighted by molar-refractivity contribution is 5.52. The minimum Gasteiger partial charge on any atom is -0.491 e. The fourth-order valence-electron chi connectivity index (χ4n) is 1.22. The van der Waals surface area contributed by atoms with Crippen LogP contribution >= 0.6 is 0 Å². The molecule has 1 rings (SSSR count). The normalized spacial score (nSPS) is 9.94. The van der Waals surface area contributed by atoms with E-state index >= 15 is 0 Å². The molecular formula is C10H12FNO4. The average molecular weight is 229 g/mol. The van der Waals surface area contributed by atoms with E-state index in [0.717, 1.165) is 0 Å². The van der Waals surface area contributed by atoms with Crippen molar-refractivity contribution in [3.05, 3.63) is 28.1 Å². The maximum absolute atomic E-state index is 13.7. The number of ether oxygens (including phenoxy) is 2. The fourth-order valence-corrected chi connectivity index (χ4v) is 1.22. The van der Waals surface area contributed by atoms with E-state index in [9.17, 15) is 14.5 Å². The third-order valence-corrected chi connectivity index (χ3v) is 1.83. The molecule has 0 bridgehead atoms. The summed E-state index contributed by atoms with van der Waals surface area (Å²) in [5, 5.41) is 10.6. The zero-order valence-electron chi connectivity index (χ0n) is 9.03. The molecule has 1 aromatic carbocycles. The molecule has 0 aromatic heterocycles. The van der Waals surface area contributed by atoms with Crippen LogP contribution in [-0.2, 0) is 0 Å². The average Bonchev–Trinajstić information content (AvgIpc) is 2.24. The van der Waals surface area contributed by atoms with E-state index in [1.54, 1.807) is 13.8 Å². The molecule has 6 heteroatoms. The Morgan fingerprint density at radius 3 is 2.44 bits per heavy atom. The van der Waals surface area contributed by atoms with Crippen molar-refractivity contribution in [1.82, 2.24) is 0 Å². The number of hydrogen-bond donors (Lipinski definition) is 0. The number of nitro benzene ring substituents is 1. The third-order valence-electron chi connectivity index (χ3n) is 1.83. The van der Waals surface area contributed by atoms with E-state index in [-0.39, 0.29) is 24.7 Å². The minimum absolute atomic E-state index is 0.0449. The third kappa shape index (κ3) is 2.39. The van der Waals surface area contributed by atoms with Gasteiger partial charge in [0.1, 0.15) is 0 Å². The summed E-state index contributed by atoms with van der Waals surface area (Å²) in [6.45, 7) is 3.74. The molecule has 0 aliphatic heterocycles. The Bertz CT molecular complexity index is 395. The number of nitrogens with zero attached hydrogens (tertiary/aromatic N) is 1. The summed E-state index contributed by atoms with van der Waals surface area (Å²) >= 11 is 0. The first-order valence-electron chi connectivity index (χ1n) is 4.84. The van der Waals surface area contributed by atoms with E-state index < -0.39 is 16.4 Å². The molecular weight excluding hydrogens is 217 g/mol. The van der Waals surface area contributed by atoms with Gasteiger partial charge in [0.2, 0.25) is 11.6 Å². The van der Waals surface area contributed by atoms with Crippen LogP contribution in [0.15, 0.2) is 12.1 Å². The van der Waals surface area contributed by atoms with Gasteiger partial charge in [0, 0.05) is 6.07 Å². The molecule has 1 aromatic rings. The van der Waals surface area contributed by atoms with E-state index in [4.69, 9.17) is 9.47 Å². The van der Waals surface area contributed by atoms with Crippen molar-refractivity contribution in [3.8, 4) is 11.5 Å². The topological polar surface area (TPSA) is 61.6 Å². The fraction of sp³-hybridized carbons (Fsp3) is 0.400. The van der Waals surface area contributed by atoms with Gasteiger partial charge in [-0.3, -0.25) is 10.1 Å². The van der Waals surface area contributed by atoms with Gasteiger partial charge in [0.05, 0.1) is 18.1 Å². The second-order valence-corrected chi connectivity index (χ2v) is 2.85. The molecule has 0 amide bonds. The van der Waals surface area contributed by atoms with Crippen LogP contribution in [0.3, 0.4) is 0 Å². The van der Waals surface area contributed by atoms with Crippen molar-refractivity contribution < 1.29 is 18.8 Å². The van der Waals surface area contributed by atoms with Crippen LogP contribution in [0.4, 0.5) is 10.1 Å². The molecule has 0 N–H and O–H groups in total. The quantitative estimate of drug-likeness (QED) is 0.575. The summed E-state index contributed by atoms with van der Waals surface area (Å²) in [7, 11) is 0. The molecule has 0 radical (unpaired) electrons. The van der Waals surface area contributed by atoms with E-state index in [1.807, 2.05) is 0 Å². The van der Waals surface area contributed by atoms with Gasteiger partial charge in [0.15, 0.2) is 5.75 Å². The van der Waals surface area contributed by atoms with Crippen molar-refractivity contribution in [2.24, 2.45) is 0 Å². The molecule has 0 aliphatic rings. The monoisotopic (exact) mass is 229 g/mol. The summed E-state index contributed by atoms with van der Waals surface area (Å²) in [6, 6.07) is 2.39. The Kier molecular flexibility index (Phi) is 4.04. The number of halogens is 1. The Morgan fingerprint density at radius 2 is 1.94 bits per heavy atom. The van der Waals surface area contributed by atoms with Crippen LogP contribution in [0.25, 0.3) is 0 Å². The van der Waals surface area contributed by atoms with E-state index in [0.29, 0.717) is 0 Å². The summed E-state index contributed by atoms with van der Waals surface area (Å²) in [6.07, 6.45) is 0. The first kappa shape index (κ1) is 12.2. The second-order valence-electron chi connectivity index (χ2n) is 2.85. The van der Waals surface area contributed by atoms with Crippen LogP contribution in [0, 0.1) is 15.9 Å². The predicted octanol–water partition coefficient (Wildman–Crippen LogP) is 2.53. The van der Waals surface area contributed by atoms with Crippen LogP contribution in [0.5, 0.6) is 11.5 Å². The van der Waals surface area contributed by atoms with Crippen LogP contribution in [0.1, 0.15) is 13.8 Å². The highest BCUT2D eigenvalue weighted by Crippen LogP contribution is 2.35. The lowest BCUT2D eigenvalue weighted by Crippen LogP contribution is -2.03. The zero-order chi connectivity index (χ0) is 12.1. The van der Waals surface area contributed by atoms with Crippen LogP contribution < -0.4 is 9.47 Å². The Balaban J connectivity index is 3.23. The lowest BCUT2D eigenvalue weighted by Gasteiger charge is -2.09. The highest BCUT2D eigenvalue weighted by atomic mass is 19.1. The largest absolute Gasteiger partial charge is 0.491 e. The lowest BCUT2D eigenvalue weighted by atomic mass is 10.2. The summed E-state index contributed by atoms with van der Waals surface area (Å²) in [5.74, 6) is -1.26. The number of nitro groups is 1. The van der Waals surface area contributed by atoms with Gasteiger partial charge < -0.3 is 9.47 Å². The van der Waals surface area contributed by atoms with Gasteiger partial charge in [-0.1, -0.05) is 0 Å². The molecule has 0 aliphatic carbocycles. The number of benzene rings is 1. The second kappa shape index (κ2) is 5.29. The molecule has 16 heavy (non-hydrogen) atoms. The van der Waals surface area contributed by atoms with Crippen molar-refractivity contribution in [3.63, 3.8) is 0 Å².